The number of hydrogen-bond acceptors (Lipinski definition) is 3. The fourth-order valence-corrected chi connectivity index (χ4v) is 2.69. The molecule has 0 aliphatic carbocycles. The quantitative estimate of drug-likeness (QED) is 0.873. The maximum Gasteiger partial charge on any atom is 0.161 e. The molecule has 1 atom stereocenters. The van der Waals surface area contributed by atoms with E-state index in [0.717, 1.165) is 17.3 Å². The van der Waals surface area contributed by atoms with Gasteiger partial charge in [0.15, 0.2) is 5.17 Å². The number of para-hydroxylation sites is 1. The minimum Gasteiger partial charge on any atom is -0.331 e. The van der Waals surface area contributed by atoms with Gasteiger partial charge in [-0.2, -0.15) is 0 Å². The van der Waals surface area contributed by atoms with E-state index in [2.05, 4.69) is 17.2 Å². The minimum absolute atomic E-state index is 0.312. The van der Waals surface area contributed by atoms with Gasteiger partial charge in [0.25, 0.3) is 0 Å². The maximum atomic E-state index is 13.5. The molecule has 0 saturated heterocycles. The van der Waals surface area contributed by atoms with E-state index in [9.17, 15) is 4.39 Å². The van der Waals surface area contributed by atoms with Crippen LogP contribution in [0.25, 0.3) is 0 Å². The Balaban J connectivity index is 2.16. The van der Waals surface area contributed by atoms with Crippen molar-refractivity contribution in [1.29, 1.82) is 0 Å². The van der Waals surface area contributed by atoms with E-state index in [1.807, 2.05) is 0 Å². The largest absolute Gasteiger partial charge is 0.331 e. The molecule has 0 fully saturated rings. The first-order chi connectivity index (χ1) is 7.70. The molecular formula is C11H12ClFN2S. The third-order valence-corrected chi connectivity index (χ3v) is 3.73. The smallest absolute Gasteiger partial charge is 0.161 e. The zero-order valence-corrected chi connectivity index (χ0v) is 10.4. The maximum absolute atomic E-state index is 13.5. The highest BCUT2D eigenvalue weighted by Crippen LogP contribution is 2.28. The molecular weight excluding hydrogens is 247 g/mol. The Bertz CT molecular complexity index is 402. The molecule has 1 aliphatic heterocycles. The lowest BCUT2D eigenvalue weighted by Crippen LogP contribution is -2.07. The summed E-state index contributed by atoms with van der Waals surface area (Å²) in [6.45, 7) is 2.09. The summed E-state index contributed by atoms with van der Waals surface area (Å²) < 4.78 is 13.5. The number of benzene rings is 1. The van der Waals surface area contributed by atoms with Crippen LogP contribution in [0.15, 0.2) is 23.2 Å². The van der Waals surface area contributed by atoms with E-state index in [0.29, 0.717) is 16.8 Å². The topological polar surface area (TPSA) is 24.4 Å². The van der Waals surface area contributed by atoms with Gasteiger partial charge in [-0.15, -0.1) is 0 Å². The predicted molar refractivity (Wildman–Crippen MR) is 69.0 cm³/mol. The summed E-state index contributed by atoms with van der Waals surface area (Å²) in [7, 11) is 0. The van der Waals surface area contributed by atoms with Crippen LogP contribution >= 0.6 is 23.4 Å². The van der Waals surface area contributed by atoms with Crippen LogP contribution in [0.1, 0.15) is 13.3 Å². The zero-order valence-electron chi connectivity index (χ0n) is 8.84. The molecule has 1 heterocycles. The average Bonchev–Trinajstić information content (AvgIpc) is 2.71. The van der Waals surface area contributed by atoms with Gasteiger partial charge in [-0.25, -0.2) is 4.39 Å². The fourth-order valence-electron chi connectivity index (χ4n) is 1.42. The lowest BCUT2D eigenvalue weighted by atomic mass is 10.3. The molecule has 86 valence electrons. The molecule has 1 aromatic rings. The number of thioether (sulfide) groups is 1. The van der Waals surface area contributed by atoms with Crippen molar-refractivity contribution < 1.29 is 4.39 Å². The van der Waals surface area contributed by atoms with Crippen molar-refractivity contribution in [2.45, 2.75) is 19.4 Å². The van der Waals surface area contributed by atoms with Crippen LogP contribution in [-0.2, 0) is 0 Å². The zero-order chi connectivity index (χ0) is 11.5. The first-order valence-corrected chi connectivity index (χ1v) is 6.48. The first-order valence-electron chi connectivity index (χ1n) is 5.12. The predicted octanol–water partition coefficient (Wildman–Crippen LogP) is 3.77. The molecule has 0 radical (unpaired) electrons. The van der Waals surface area contributed by atoms with Gasteiger partial charge in [-0.1, -0.05) is 36.4 Å². The van der Waals surface area contributed by atoms with Gasteiger partial charge < -0.3 is 5.32 Å². The van der Waals surface area contributed by atoms with E-state index in [1.165, 1.54) is 6.07 Å². The highest BCUT2D eigenvalue weighted by atomic mass is 35.5. The van der Waals surface area contributed by atoms with Crippen LogP contribution < -0.4 is 5.32 Å². The second-order valence-corrected chi connectivity index (χ2v) is 4.94. The number of nitrogens with one attached hydrogen (secondary N) is 1. The van der Waals surface area contributed by atoms with Crippen LogP contribution in [0.5, 0.6) is 0 Å². The molecule has 0 bridgehead atoms. The van der Waals surface area contributed by atoms with Crippen molar-refractivity contribution in [2.75, 3.05) is 11.1 Å². The molecule has 0 aromatic heterocycles. The van der Waals surface area contributed by atoms with Gasteiger partial charge >= 0.3 is 0 Å². The van der Waals surface area contributed by atoms with Crippen molar-refractivity contribution >= 4 is 34.2 Å². The molecule has 5 heteroatoms. The first kappa shape index (κ1) is 11.7. The lowest BCUT2D eigenvalue weighted by molar-refractivity contribution is 0.632. The fraction of sp³-hybridized carbons (Fsp3) is 0.364. The molecule has 2 nitrogen and oxygen atoms in total. The summed E-state index contributed by atoms with van der Waals surface area (Å²) >= 11 is 7.51. The number of amidine groups is 1. The minimum atomic E-state index is -0.351. The Morgan fingerprint density at radius 2 is 2.44 bits per heavy atom. The van der Waals surface area contributed by atoms with Gasteiger partial charge in [0.05, 0.1) is 16.8 Å². The standard InChI is InChI=1S/C11H12ClFN2S/c1-2-7-6-16-11(14-7)15-10-8(12)4-3-5-9(10)13/h3-5,7H,2,6H2,1H3,(H,14,15). The van der Waals surface area contributed by atoms with Crippen molar-refractivity contribution in [3.8, 4) is 0 Å². The third-order valence-electron chi connectivity index (χ3n) is 2.38. The summed E-state index contributed by atoms with van der Waals surface area (Å²) in [5.74, 6) is 0.598. The van der Waals surface area contributed by atoms with E-state index in [4.69, 9.17) is 11.6 Å². The number of aliphatic imine (C=N–C) groups is 1. The normalized spacial score (nSPS) is 19.7. The molecule has 2 rings (SSSR count). The summed E-state index contributed by atoms with van der Waals surface area (Å²) in [5.41, 5.74) is 0.312. The molecule has 1 unspecified atom stereocenters. The van der Waals surface area contributed by atoms with E-state index >= 15 is 0 Å². The van der Waals surface area contributed by atoms with E-state index < -0.39 is 0 Å². The second kappa shape index (κ2) is 5.06. The SMILES string of the molecule is CCC1CSC(Nc2c(F)cccc2Cl)=N1. The number of rotatable bonds is 2. The van der Waals surface area contributed by atoms with Gasteiger partial charge in [-0.05, 0) is 18.6 Å². The summed E-state index contributed by atoms with van der Waals surface area (Å²) in [6.07, 6.45) is 1.00. The molecule has 0 amide bonds. The van der Waals surface area contributed by atoms with Gasteiger partial charge in [0, 0.05) is 5.75 Å². The van der Waals surface area contributed by atoms with Gasteiger partial charge in [0.2, 0.25) is 0 Å². The lowest BCUT2D eigenvalue weighted by Gasteiger charge is -2.07. The highest BCUT2D eigenvalue weighted by Gasteiger charge is 2.18. The molecule has 16 heavy (non-hydrogen) atoms. The molecule has 1 N–H and O–H groups in total. The number of anilines is 1. The van der Waals surface area contributed by atoms with Gasteiger partial charge in [-0.3, -0.25) is 4.99 Å². The van der Waals surface area contributed by atoms with Crippen LogP contribution in [-0.4, -0.2) is 17.0 Å². The van der Waals surface area contributed by atoms with Crippen LogP contribution in [0, 0.1) is 5.82 Å². The van der Waals surface area contributed by atoms with E-state index in [-0.39, 0.29) is 5.82 Å². The summed E-state index contributed by atoms with van der Waals surface area (Å²) in [6, 6.07) is 4.95. The molecule has 1 aromatic carbocycles. The van der Waals surface area contributed by atoms with Crippen LogP contribution in [0.3, 0.4) is 0 Å². The molecule has 1 aliphatic rings. The third kappa shape index (κ3) is 2.50. The average molecular weight is 259 g/mol. The number of halogens is 2. The van der Waals surface area contributed by atoms with E-state index in [1.54, 1.807) is 23.9 Å². The van der Waals surface area contributed by atoms with Gasteiger partial charge in [0.1, 0.15) is 5.82 Å². The van der Waals surface area contributed by atoms with Crippen LogP contribution in [0.2, 0.25) is 5.02 Å². The van der Waals surface area contributed by atoms with Crippen molar-refractivity contribution in [3.05, 3.63) is 29.0 Å². The molecule has 0 saturated carbocycles. The Kier molecular flexibility index (Phi) is 3.71. The highest BCUT2D eigenvalue weighted by molar-refractivity contribution is 8.14. The van der Waals surface area contributed by atoms with Crippen molar-refractivity contribution in [2.24, 2.45) is 4.99 Å². The number of hydrogen-bond donors (Lipinski definition) is 1. The Labute approximate surface area is 103 Å². The Hall–Kier alpha value is -0.740. The second-order valence-electron chi connectivity index (χ2n) is 3.53. The van der Waals surface area contributed by atoms with Crippen LogP contribution in [0.4, 0.5) is 10.1 Å². The Morgan fingerprint density at radius 3 is 3.06 bits per heavy atom. The van der Waals surface area contributed by atoms with Crippen molar-refractivity contribution in [1.82, 2.24) is 0 Å². The number of nitrogens with zero attached hydrogens (tertiary/aromatic N) is 1. The monoisotopic (exact) mass is 258 g/mol. The van der Waals surface area contributed by atoms with Crippen molar-refractivity contribution in [3.63, 3.8) is 0 Å². The molecule has 0 spiro atoms. The summed E-state index contributed by atoms with van der Waals surface area (Å²) in [4.78, 5) is 4.43. The Morgan fingerprint density at radius 1 is 1.62 bits per heavy atom. The summed E-state index contributed by atoms with van der Waals surface area (Å²) in [5, 5.41) is 4.07.